The first-order valence-electron chi connectivity index (χ1n) is 31.8. The van der Waals surface area contributed by atoms with E-state index in [2.05, 4.69) is 61.5 Å². The Morgan fingerprint density at radius 3 is 0.804 bits per heavy atom. The van der Waals surface area contributed by atoms with Crippen LogP contribution in [0.2, 0.25) is 15.1 Å². The van der Waals surface area contributed by atoms with E-state index < -0.39 is 16.6 Å². The largest absolute Gasteiger partial charge is 0.324 e. The summed E-state index contributed by atoms with van der Waals surface area (Å²) < 4.78 is 10.7. The highest BCUT2D eigenvalue weighted by Crippen LogP contribution is 2.34. The fourth-order valence-electron chi connectivity index (χ4n) is 11.3. The summed E-state index contributed by atoms with van der Waals surface area (Å²) in [6.45, 7) is 5.01. The van der Waals surface area contributed by atoms with E-state index >= 15 is 0 Å². The van der Waals surface area contributed by atoms with E-state index in [4.69, 9.17) is 52.0 Å². The smallest absolute Gasteiger partial charge is 0.248 e. The zero-order chi connectivity index (χ0) is 71.6. The molecule has 0 radical (unpaired) electrons. The molecule has 0 bridgehead atoms. The van der Waals surface area contributed by atoms with E-state index in [-0.39, 0.29) is 17.7 Å². The maximum absolute atomic E-state index is 12.9. The number of anilines is 3. The Bertz CT molecular complexity index is 5000. The summed E-state index contributed by atoms with van der Waals surface area (Å²) in [5, 5.41) is 36.2. The molecule has 9 N–H and O–H groups in total. The van der Waals surface area contributed by atoms with Crippen LogP contribution in [-0.2, 0) is 52.1 Å². The summed E-state index contributed by atoms with van der Waals surface area (Å²) in [5.41, 5.74) is 33.0. The molecule has 510 valence electrons. The number of aryl methyl sites for hydroxylation is 3. The van der Waals surface area contributed by atoms with E-state index in [9.17, 15) is 14.4 Å². The number of fused-ring (bicyclic) bond motifs is 3. The van der Waals surface area contributed by atoms with Gasteiger partial charge in [-0.1, -0.05) is 108 Å². The van der Waals surface area contributed by atoms with Crippen molar-refractivity contribution in [1.29, 1.82) is 0 Å². The summed E-state index contributed by atoms with van der Waals surface area (Å²) in [4.78, 5) is 52.2. The molecule has 0 saturated carbocycles. The summed E-state index contributed by atoms with van der Waals surface area (Å²) in [6, 6.07) is 49.3. The third-order valence-corrected chi connectivity index (χ3v) is 18.1. The number of halogens is 3. The van der Waals surface area contributed by atoms with E-state index in [0.29, 0.717) is 48.8 Å². The van der Waals surface area contributed by atoms with Crippen molar-refractivity contribution in [1.82, 2.24) is 73.1 Å². The molecule has 3 amide bonds. The van der Waals surface area contributed by atoms with Crippen LogP contribution in [-0.4, -0.2) is 90.9 Å². The Balaban J connectivity index is 0.000000137. The topological polar surface area (TPSA) is 309 Å². The van der Waals surface area contributed by atoms with Crippen LogP contribution in [0.1, 0.15) is 37.5 Å². The molecule has 102 heavy (non-hydrogen) atoms. The van der Waals surface area contributed by atoms with Gasteiger partial charge in [0.2, 0.25) is 17.7 Å². The van der Waals surface area contributed by atoms with Crippen molar-refractivity contribution in [2.45, 2.75) is 37.4 Å². The van der Waals surface area contributed by atoms with Crippen LogP contribution < -0.4 is 33.2 Å². The molecular formula is C75H66Cl3N21O3. The second kappa shape index (κ2) is 28.3. The third kappa shape index (κ3) is 14.7. The lowest BCUT2D eigenvalue weighted by Crippen LogP contribution is -2.45. The van der Waals surface area contributed by atoms with Crippen LogP contribution >= 0.6 is 34.8 Å². The van der Waals surface area contributed by atoms with Crippen LogP contribution in [0.25, 0.3) is 83.7 Å². The average Bonchev–Trinajstić information content (AvgIpc) is 1.62. The second-order valence-electron chi connectivity index (χ2n) is 24.9. The average molecular weight is 1420 g/mol. The summed E-state index contributed by atoms with van der Waals surface area (Å²) in [5.74, 6) is -0.959. The van der Waals surface area contributed by atoms with Gasteiger partial charge in [0.25, 0.3) is 0 Å². The first-order chi connectivity index (χ1) is 48.9. The molecular weight excluding hydrogens is 1350 g/mol. The molecule has 6 aromatic carbocycles. The first-order valence-corrected chi connectivity index (χ1v) is 32.9. The van der Waals surface area contributed by atoms with Gasteiger partial charge in [-0.25, -0.2) is 28.5 Å². The number of hydrogen-bond acceptors (Lipinski definition) is 15. The summed E-state index contributed by atoms with van der Waals surface area (Å²) >= 11 is 17.9. The Hall–Kier alpha value is -12.0. The lowest BCUT2D eigenvalue weighted by atomic mass is 9.92. The monoisotopic (exact) mass is 1410 g/mol. The normalized spacial score (nSPS) is 13.1. The molecule has 24 nitrogen and oxygen atoms in total. The minimum Gasteiger partial charge on any atom is -0.324 e. The fraction of sp³-hybridized carbons (Fsp3) is 0.120. The van der Waals surface area contributed by atoms with Crippen molar-refractivity contribution >= 4 is 86.1 Å². The van der Waals surface area contributed by atoms with Crippen molar-refractivity contribution in [3.8, 4) is 67.2 Å². The van der Waals surface area contributed by atoms with Gasteiger partial charge in [0.05, 0.1) is 52.2 Å². The molecule has 15 rings (SSSR count). The number of benzene rings is 6. The van der Waals surface area contributed by atoms with Crippen molar-refractivity contribution < 1.29 is 14.4 Å². The van der Waals surface area contributed by atoms with Crippen LogP contribution in [0.4, 0.5) is 17.1 Å². The number of hydrogen-bond donors (Lipinski definition) is 6. The number of rotatable bonds is 15. The standard InChI is InChI=1S/3C25H22ClN7O/c3*1-25(27,19-5-7-20(26)8-6-19)24(34)31-21-9-3-16(4-10-21)23-22-11-17(14-33(22)30-15-28-23)18-12-29-32(2)13-18/h3*3-15H,27H2,1-2H3,(H,31,34)/t2*25-;/m10./s1. The quantitative estimate of drug-likeness (QED) is 0.0556. The molecule has 15 aromatic rings. The molecule has 9 aromatic heterocycles. The molecule has 0 fully saturated rings. The molecule has 3 atom stereocenters. The number of nitrogens with zero attached hydrogens (tertiary/aromatic N) is 15. The Kier molecular flexibility index (Phi) is 19.0. The highest BCUT2D eigenvalue weighted by molar-refractivity contribution is 6.31. The molecule has 27 heteroatoms. The predicted octanol–water partition coefficient (Wildman–Crippen LogP) is 12.8. The summed E-state index contributed by atoms with van der Waals surface area (Å²) in [6.07, 6.45) is 21.7. The van der Waals surface area contributed by atoms with Gasteiger partial charge in [-0.15, -0.1) is 0 Å². The zero-order valence-electron chi connectivity index (χ0n) is 55.8. The number of aromatic nitrogens is 15. The van der Waals surface area contributed by atoms with E-state index in [1.54, 1.807) is 121 Å². The Morgan fingerprint density at radius 1 is 0.333 bits per heavy atom. The zero-order valence-corrected chi connectivity index (χ0v) is 58.1. The van der Waals surface area contributed by atoms with Crippen LogP contribution in [0.3, 0.4) is 0 Å². The van der Waals surface area contributed by atoms with Gasteiger partial charge in [0.1, 0.15) is 35.6 Å². The molecule has 0 spiro atoms. The number of nitrogens with two attached hydrogens (primary N) is 3. The molecule has 0 aliphatic rings. The minimum absolute atomic E-state index is 0.320. The fourth-order valence-corrected chi connectivity index (χ4v) is 11.7. The first kappa shape index (κ1) is 68.5. The minimum atomic E-state index is -1.21. The molecule has 0 aliphatic heterocycles. The highest BCUT2D eigenvalue weighted by Gasteiger charge is 2.33. The van der Waals surface area contributed by atoms with E-state index in [1.807, 2.05) is 168 Å². The Labute approximate surface area is 599 Å². The third-order valence-electron chi connectivity index (χ3n) is 17.3. The van der Waals surface area contributed by atoms with Crippen molar-refractivity contribution in [2.75, 3.05) is 16.0 Å². The number of carbonyl (C=O) groups is 3. The van der Waals surface area contributed by atoms with Crippen LogP contribution in [0.5, 0.6) is 0 Å². The van der Waals surface area contributed by atoms with Gasteiger partial charge in [0, 0.05) is 141 Å². The SMILES string of the molecule is Cn1cc(-c2cc3c(-c4ccc(NC(=O)C(C)(N)c5ccc(Cl)cc5)cc4)ncnn3c2)cn1.Cn1cc(-c2cc3c(-c4ccc(NC(=O)[C@@](C)(N)c5ccc(Cl)cc5)cc4)ncnn3c2)cn1.Cn1cc(-c2cc3c(-c4ccc(NC(=O)[C@](C)(N)c5ccc(Cl)cc5)cc4)ncnn3c2)cn1. The number of carbonyl (C=O) groups excluding carboxylic acids is 3. The maximum Gasteiger partial charge on any atom is 0.248 e. The lowest BCUT2D eigenvalue weighted by Gasteiger charge is -2.24. The molecule has 0 aliphatic carbocycles. The maximum atomic E-state index is 12.9. The van der Waals surface area contributed by atoms with Crippen molar-refractivity contribution in [3.63, 3.8) is 0 Å². The molecule has 0 saturated heterocycles. The van der Waals surface area contributed by atoms with E-state index in [1.165, 1.54) is 19.0 Å². The molecule has 1 unspecified atom stereocenters. The highest BCUT2D eigenvalue weighted by atomic mass is 35.5. The Morgan fingerprint density at radius 2 is 0.578 bits per heavy atom. The van der Waals surface area contributed by atoms with Crippen LogP contribution in [0, 0.1) is 0 Å². The lowest BCUT2D eigenvalue weighted by molar-refractivity contribution is -0.121. The van der Waals surface area contributed by atoms with Gasteiger partial charge in [0.15, 0.2) is 0 Å². The van der Waals surface area contributed by atoms with Gasteiger partial charge < -0.3 is 33.2 Å². The number of nitrogens with one attached hydrogen (secondary N) is 3. The van der Waals surface area contributed by atoms with Gasteiger partial charge in [-0.05, 0) is 128 Å². The second-order valence-corrected chi connectivity index (χ2v) is 26.2. The van der Waals surface area contributed by atoms with Gasteiger partial charge in [-0.2, -0.15) is 30.6 Å². The van der Waals surface area contributed by atoms with Gasteiger partial charge in [-0.3, -0.25) is 28.4 Å². The van der Waals surface area contributed by atoms with Crippen molar-refractivity contribution in [3.05, 3.63) is 270 Å². The predicted molar refractivity (Wildman–Crippen MR) is 397 cm³/mol. The number of amides is 3. The van der Waals surface area contributed by atoms with Crippen molar-refractivity contribution in [2.24, 2.45) is 38.3 Å². The van der Waals surface area contributed by atoms with Crippen LogP contribution in [0.15, 0.2) is 239 Å². The van der Waals surface area contributed by atoms with Gasteiger partial charge >= 0.3 is 0 Å². The molecule has 9 heterocycles. The summed E-state index contributed by atoms with van der Waals surface area (Å²) in [7, 11) is 5.65. The van der Waals surface area contributed by atoms with E-state index in [0.717, 1.165) is 83.7 Å².